The van der Waals surface area contributed by atoms with Crippen LogP contribution >= 0.6 is 0 Å². The fourth-order valence-corrected chi connectivity index (χ4v) is 7.43. The summed E-state index contributed by atoms with van der Waals surface area (Å²) < 4.78 is 0. The van der Waals surface area contributed by atoms with Gasteiger partial charge in [-0.1, -0.05) is 146 Å². The molecule has 0 bridgehead atoms. The van der Waals surface area contributed by atoms with E-state index < -0.39 is 0 Å². The highest BCUT2D eigenvalue weighted by Gasteiger charge is 2.17. The topological polar surface area (TPSA) is 38.7 Å². The Morgan fingerprint density at radius 3 is 1.21 bits per heavy atom. The first-order chi connectivity index (χ1) is 23.8. The van der Waals surface area contributed by atoms with E-state index in [0.717, 1.165) is 38.1 Å². The maximum atomic E-state index is 5.28. The van der Waals surface area contributed by atoms with E-state index in [1.165, 1.54) is 54.6 Å². The predicted octanol–water partition coefficient (Wildman–Crippen LogP) is 11.8. The fourth-order valence-electron chi connectivity index (χ4n) is 7.43. The molecule has 3 heteroatoms. The van der Waals surface area contributed by atoms with Gasteiger partial charge in [-0.3, -0.25) is 0 Å². The minimum absolute atomic E-state index is 0.621. The van der Waals surface area contributed by atoms with Crippen LogP contribution in [0, 0.1) is 0 Å². The summed E-state index contributed by atoms with van der Waals surface area (Å²) in [6.45, 7) is 0. The van der Waals surface area contributed by atoms with Gasteiger partial charge in [0, 0.05) is 16.3 Å². The van der Waals surface area contributed by atoms with Crippen LogP contribution in [0.3, 0.4) is 0 Å². The third-order valence-electron chi connectivity index (χ3n) is 9.74. The van der Waals surface area contributed by atoms with Crippen molar-refractivity contribution < 1.29 is 0 Å². The van der Waals surface area contributed by atoms with E-state index in [-0.39, 0.29) is 0 Å². The molecule has 0 unspecified atom stereocenters. The second-order valence-corrected chi connectivity index (χ2v) is 12.4. The van der Waals surface area contributed by atoms with E-state index in [1.807, 2.05) is 0 Å². The molecule has 1 heterocycles. The second kappa shape index (κ2) is 10.5. The van der Waals surface area contributed by atoms with Crippen LogP contribution in [0.25, 0.3) is 98.5 Å². The van der Waals surface area contributed by atoms with Gasteiger partial charge in [0.25, 0.3) is 0 Å². The standard InChI is InChI=1S/C45H27N3/c1-3-11-28(12-4-1)30-19-23-38-41(25-30)42-26-31(29-13-5-2-6-14-29)20-24-39(42)44-43(38)46-45(48-47-44)32-21-22-37-35-17-8-7-15-33(35)34-16-9-10-18-36(34)40(37)27-32/h1-27H. The average Bonchev–Trinajstić information content (AvgIpc) is 3.18. The molecule has 0 fully saturated rings. The van der Waals surface area contributed by atoms with Gasteiger partial charge in [-0.05, 0) is 83.5 Å². The first kappa shape index (κ1) is 26.7. The normalized spacial score (nSPS) is 11.8. The molecule has 0 aliphatic rings. The molecule has 0 amide bonds. The molecule has 0 N–H and O–H groups in total. The molecule has 0 saturated carbocycles. The van der Waals surface area contributed by atoms with E-state index in [4.69, 9.17) is 15.2 Å². The van der Waals surface area contributed by atoms with Gasteiger partial charge < -0.3 is 0 Å². The Morgan fingerprint density at radius 1 is 0.250 bits per heavy atom. The summed E-state index contributed by atoms with van der Waals surface area (Å²) in [6.07, 6.45) is 0. The molecule has 10 aromatic rings. The third kappa shape index (κ3) is 4.11. The lowest BCUT2D eigenvalue weighted by molar-refractivity contribution is 1.04. The van der Waals surface area contributed by atoms with Gasteiger partial charge in [0.2, 0.25) is 0 Å². The molecule has 0 saturated heterocycles. The minimum Gasteiger partial charge on any atom is -0.224 e. The van der Waals surface area contributed by atoms with E-state index in [0.29, 0.717) is 5.82 Å². The zero-order valence-corrected chi connectivity index (χ0v) is 25.9. The van der Waals surface area contributed by atoms with Crippen molar-refractivity contribution in [1.29, 1.82) is 0 Å². The second-order valence-electron chi connectivity index (χ2n) is 12.4. The molecular weight excluding hydrogens is 583 g/mol. The minimum atomic E-state index is 0.621. The SMILES string of the molecule is c1ccc(-c2ccc3c(c2)c2cc(-c4ccccc4)ccc2c2nc(-c4ccc5c6ccccc6c6ccccc6c5c4)nnc32)cc1. The van der Waals surface area contributed by atoms with Crippen molar-refractivity contribution in [3.05, 3.63) is 164 Å². The van der Waals surface area contributed by atoms with Gasteiger partial charge in [-0.15, -0.1) is 10.2 Å². The van der Waals surface area contributed by atoms with Crippen molar-refractivity contribution in [2.45, 2.75) is 0 Å². The highest BCUT2D eigenvalue weighted by atomic mass is 15.2. The number of benzene rings is 9. The van der Waals surface area contributed by atoms with Gasteiger partial charge in [0.15, 0.2) is 5.82 Å². The number of aromatic nitrogens is 3. The molecule has 1 aromatic heterocycles. The smallest absolute Gasteiger partial charge is 0.182 e. The van der Waals surface area contributed by atoms with Crippen LogP contribution in [0.15, 0.2) is 164 Å². The van der Waals surface area contributed by atoms with E-state index in [1.54, 1.807) is 0 Å². The summed E-state index contributed by atoms with van der Waals surface area (Å²) in [5.41, 5.74) is 7.33. The fraction of sp³-hybridized carbons (Fsp3) is 0. The highest BCUT2D eigenvalue weighted by molar-refractivity contribution is 6.26. The summed E-state index contributed by atoms with van der Waals surface area (Å²) in [7, 11) is 0. The molecule has 0 atom stereocenters. The van der Waals surface area contributed by atoms with Crippen molar-refractivity contribution in [3.8, 4) is 33.6 Å². The average molecular weight is 610 g/mol. The monoisotopic (exact) mass is 609 g/mol. The Morgan fingerprint density at radius 2 is 0.646 bits per heavy atom. The summed E-state index contributed by atoms with van der Waals surface area (Å²) in [5, 5.41) is 21.5. The van der Waals surface area contributed by atoms with Crippen LogP contribution < -0.4 is 0 Å². The lowest BCUT2D eigenvalue weighted by Crippen LogP contribution is -1.97. The van der Waals surface area contributed by atoms with Crippen molar-refractivity contribution in [2.75, 3.05) is 0 Å². The lowest BCUT2D eigenvalue weighted by Gasteiger charge is -2.14. The molecule has 9 aromatic carbocycles. The maximum Gasteiger partial charge on any atom is 0.182 e. The Balaban J connectivity index is 1.24. The summed E-state index contributed by atoms with van der Waals surface area (Å²) >= 11 is 0. The molecule has 222 valence electrons. The zero-order valence-electron chi connectivity index (χ0n) is 25.9. The van der Waals surface area contributed by atoms with Crippen LogP contribution in [0.1, 0.15) is 0 Å². The van der Waals surface area contributed by atoms with Crippen LogP contribution in [0.4, 0.5) is 0 Å². The summed E-state index contributed by atoms with van der Waals surface area (Å²) in [4.78, 5) is 5.28. The zero-order chi connectivity index (χ0) is 31.6. The largest absolute Gasteiger partial charge is 0.224 e. The Bertz CT molecular complexity index is 2840. The number of rotatable bonds is 3. The quantitative estimate of drug-likeness (QED) is 0.187. The van der Waals surface area contributed by atoms with Crippen molar-refractivity contribution >= 4 is 64.9 Å². The molecule has 0 radical (unpaired) electrons. The van der Waals surface area contributed by atoms with Crippen molar-refractivity contribution in [1.82, 2.24) is 15.2 Å². The first-order valence-corrected chi connectivity index (χ1v) is 16.3. The Hall–Kier alpha value is -6.45. The number of fused-ring (bicyclic) bond motifs is 12. The molecule has 0 aliphatic heterocycles. The van der Waals surface area contributed by atoms with Crippen LogP contribution in [-0.4, -0.2) is 15.2 Å². The first-order valence-electron chi connectivity index (χ1n) is 16.3. The predicted molar refractivity (Wildman–Crippen MR) is 201 cm³/mol. The van der Waals surface area contributed by atoms with Crippen LogP contribution in [0.2, 0.25) is 0 Å². The molecule has 3 nitrogen and oxygen atoms in total. The highest BCUT2D eigenvalue weighted by Crippen LogP contribution is 2.40. The number of hydrogen-bond acceptors (Lipinski definition) is 3. The molecule has 0 aliphatic carbocycles. The summed E-state index contributed by atoms with van der Waals surface area (Å²) in [5.74, 6) is 0.621. The van der Waals surface area contributed by atoms with Gasteiger partial charge in [0.05, 0.1) is 0 Å². The Labute approximate surface area is 276 Å². The molecule has 0 spiro atoms. The van der Waals surface area contributed by atoms with Gasteiger partial charge in [0.1, 0.15) is 11.0 Å². The van der Waals surface area contributed by atoms with Crippen LogP contribution in [-0.2, 0) is 0 Å². The van der Waals surface area contributed by atoms with E-state index in [9.17, 15) is 0 Å². The number of nitrogens with zero attached hydrogens (tertiary/aromatic N) is 3. The third-order valence-corrected chi connectivity index (χ3v) is 9.74. The van der Waals surface area contributed by atoms with Gasteiger partial charge in [-0.25, -0.2) is 4.98 Å². The molecule has 10 rings (SSSR count). The Kier molecular flexibility index (Phi) is 5.87. The molecular formula is C45H27N3. The van der Waals surface area contributed by atoms with Crippen molar-refractivity contribution in [2.24, 2.45) is 0 Å². The van der Waals surface area contributed by atoms with Gasteiger partial charge in [-0.2, -0.15) is 0 Å². The van der Waals surface area contributed by atoms with Gasteiger partial charge >= 0.3 is 0 Å². The summed E-state index contributed by atoms with van der Waals surface area (Å²) in [6, 6.07) is 58.3. The van der Waals surface area contributed by atoms with Crippen molar-refractivity contribution in [3.63, 3.8) is 0 Å². The van der Waals surface area contributed by atoms with E-state index in [2.05, 4.69) is 164 Å². The lowest BCUT2D eigenvalue weighted by atomic mass is 9.93. The maximum absolute atomic E-state index is 5.28. The molecule has 48 heavy (non-hydrogen) atoms. The van der Waals surface area contributed by atoms with E-state index >= 15 is 0 Å². The van der Waals surface area contributed by atoms with Crippen LogP contribution in [0.5, 0.6) is 0 Å². The number of hydrogen-bond donors (Lipinski definition) is 0.